The highest BCUT2D eigenvalue weighted by Crippen LogP contribution is 2.51. The Morgan fingerprint density at radius 1 is 1.55 bits per heavy atom. The van der Waals surface area contributed by atoms with Crippen molar-refractivity contribution in [1.29, 1.82) is 5.26 Å². The lowest BCUT2D eigenvalue weighted by atomic mass is 9.68. The van der Waals surface area contributed by atoms with Crippen molar-refractivity contribution < 1.29 is 9.31 Å². The van der Waals surface area contributed by atoms with Gasteiger partial charge >= 0.3 is 0 Å². The highest BCUT2D eigenvalue weighted by Gasteiger charge is 2.58. The zero-order valence-corrected chi connectivity index (χ0v) is 11.2. The van der Waals surface area contributed by atoms with E-state index in [0.29, 0.717) is 17.6 Å². The summed E-state index contributed by atoms with van der Waals surface area (Å²) in [4.78, 5) is 11.1. The van der Waals surface area contributed by atoms with Crippen molar-refractivity contribution >= 4 is 0 Å². The molecule has 0 radical (unpaired) electrons. The highest BCUT2D eigenvalue weighted by atomic mass is 19.1. The van der Waals surface area contributed by atoms with E-state index in [0.717, 1.165) is 0 Å². The molecule has 0 spiro atoms. The molecule has 3 atom stereocenters. The molecule has 5 heteroatoms. The molecule has 0 unspecified atom stereocenters. The lowest BCUT2D eigenvalue weighted by Crippen LogP contribution is -2.43. The predicted molar refractivity (Wildman–Crippen MR) is 72.0 cm³/mol. The summed E-state index contributed by atoms with van der Waals surface area (Å²) in [6.45, 7) is 5.65. The number of benzene rings is 1. The van der Waals surface area contributed by atoms with Gasteiger partial charge in [0.05, 0.1) is 17.4 Å². The molecule has 104 valence electrons. The monoisotopic (exact) mass is 274 g/mol. The van der Waals surface area contributed by atoms with Gasteiger partial charge in [0.15, 0.2) is 0 Å². The Bertz CT molecular complexity index is 591. The maximum atomic E-state index is 13.1. The second kappa shape index (κ2) is 5.04. The molecule has 0 aromatic heterocycles. The van der Waals surface area contributed by atoms with Crippen molar-refractivity contribution in [2.45, 2.75) is 31.2 Å². The average Bonchev–Trinajstić information content (AvgIpc) is 2.72. The van der Waals surface area contributed by atoms with Crippen LogP contribution in [0.2, 0.25) is 0 Å². The van der Waals surface area contributed by atoms with Gasteiger partial charge in [-0.3, -0.25) is 10.1 Å². The molecule has 0 amide bonds. The number of hydrogen-bond acceptors (Lipinski definition) is 3. The van der Waals surface area contributed by atoms with E-state index in [9.17, 15) is 19.8 Å². The zero-order chi connectivity index (χ0) is 14.9. The minimum absolute atomic E-state index is 0.191. The Labute approximate surface area is 116 Å². The van der Waals surface area contributed by atoms with E-state index in [4.69, 9.17) is 0 Å². The number of nitriles is 1. The molecular formula is C15H15FN2O2. The lowest BCUT2D eigenvalue weighted by Gasteiger charge is -2.32. The number of nitrogens with zero attached hydrogens (tertiary/aromatic N) is 2. The molecular weight excluding hydrogens is 259 g/mol. The lowest BCUT2D eigenvalue weighted by molar-refractivity contribution is -0.532. The van der Waals surface area contributed by atoms with E-state index in [1.54, 1.807) is 0 Å². The van der Waals surface area contributed by atoms with Gasteiger partial charge in [-0.1, -0.05) is 31.2 Å². The summed E-state index contributed by atoms with van der Waals surface area (Å²) in [5, 5.41) is 20.8. The Hall–Kier alpha value is -2.22. The highest BCUT2D eigenvalue weighted by molar-refractivity contribution is 5.40. The fourth-order valence-electron chi connectivity index (χ4n) is 3.34. The first-order valence-corrected chi connectivity index (χ1v) is 6.44. The number of halogens is 1. The third-order valence-electron chi connectivity index (χ3n) is 4.32. The molecule has 1 aliphatic carbocycles. The van der Waals surface area contributed by atoms with Crippen molar-refractivity contribution in [1.82, 2.24) is 0 Å². The summed E-state index contributed by atoms with van der Waals surface area (Å²) in [6, 6.07) is 6.90. The predicted octanol–water partition coefficient (Wildman–Crippen LogP) is 3.22. The van der Waals surface area contributed by atoms with Crippen molar-refractivity contribution in [2.75, 3.05) is 0 Å². The molecule has 0 bridgehead atoms. The van der Waals surface area contributed by atoms with Crippen LogP contribution >= 0.6 is 0 Å². The Balaban J connectivity index is 2.65. The quantitative estimate of drug-likeness (QED) is 0.483. The summed E-state index contributed by atoms with van der Waals surface area (Å²) in [5.74, 6) is -1.02. The molecule has 4 nitrogen and oxygen atoms in total. The fourth-order valence-corrected chi connectivity index (χ4v) is 3.34. The molecule has 20 heavy (non-hydrogen) atoms. The standard InChI is InChI=1S/C15H15FN2O2/c1-3-15(11-4-6-12(16)7-5-11)13(9-17)10(2)8-14(15)18(19)20/h4-7,13-14H,2-3,8H2,1H3/t13-,14-,15-/m1/s1. The Morgan fingerprint density at radius 2 is 2.15 bits per heavy atom. The minimum atomic E-state index is -0.928. The maximum absolute atomic E-state index is 13.1. The third-order valence-corrected chi connectivity index (χ3v) is 4.32. The molecule has 0 heterocycles. The Morgan fingerprint density at radius 3 is 2.60 bits per heavy atom. The largest absolute Gasteiger partial charge is 0.264 e. The molecule has 1 aliphatic rings. The van der Waals surface area contributed by atoms with Crippen molar-refractivity contribution in [3.8, 4) is 6.07 Å². The van der Waals surface area contributed by atoms with Gasteiger partial charge in [-0.05, 0) is 24.1 Å². The first-order valence-electron chi connectivity index (χ1n) is 6.44. The zero-order valence-electron chi connectivity index (χ0n) is 11.2. The van der Waals surface area contributed by atoms with Gasteiger partial charge in [0, 0.05) is 11.3 Å². The van der Waals surface area contributed by atoms with Gasteiger partial charge < -0.3 is 0 Å². The first-order chi connectivity index (χ1) is 9.47. The third kappa shape index (κ3) is 1.88. The summed E-state index contributed by atoms with van der Waals surface area (Å²) >= 11 is 0. The normalized spacial score (nSPS) is 29.1. The molecule has 1 aromatic rings. The van der Waals surface area contributed by atoms with E-state index < -0.39 is 23.2 Å². The molecule has 0 aliphatic heterocycles. The van der Waals surface area contributed by atoms with Gasteiger partial charge in [0.1, 0.15) is 5.82 Å². The molecule has 1 fully saturated rings. The minimum Gasteiger partial charge on any atom is -0.264 e. The van der Waals surface area contributed by atoms with Crippen LogP contribution in [0.1, 0.15) is 25.3 Å². The molecule has 2 rings (SSSR count). The van der Waals surface area contributed by atoms with Crippen molar-refractivity contribution in [3.63, 3.8) is 0 Å². The van der Waals surface area contributed by atoms with E-state index >= 15 is 0 Å². The van der Waals surface area contributed by atoms with Crippen LogP contribution in [0.5, 0.6) is 0 Å². The van der Waals surface area contributed by atoms with Crippen LogP contribution in [0.25, 0.3) is 0 Å². The molecule has 1 aromatic carbocycles. The summed E-state index contributed by atoms with van der Waals surface area (Å²) in [7, 11) is 0. The average molecular weight is 274 g/mol. The summed E-state index contributed by atoms with van der Waals surface area (Å²) in [5.41, 5.74) is 0.289. The van der Waals surface area contributed by atoms with Gasteiger partial charge in [-0.25, -0.2) is 4.39 Å². The van der Waals surface area contributed by atoms with Crippen LogP contribution in [0.3, 0.4) is 0 Å². The number of nitro groups is 1. The van der Waals surface area contributed by atoms with E-state index in [-0.39, 0.29) is 11.3 Å². The van der Waals surface area contributed by atoms with Crippen molar-refractivity contribution in [2.24, 2.45) is 5.92 Å². The molecule has 1 saturated carbocycles. The summed E-state index contributed by atoms with van der Waals surface area (Å²) < 4.78 is 13.1. The SMILES string of the molecule is C=C1C[C@@H]([N+](=O)[O-])[C@](CC)(c2ccc(F)cc2)[C@@H]1C#N. The second-order valence-electron chi connectivity index (χ2n) is 5.13. The van der Waals surface area contributed by atoms with E-state index in [1.165, 1.54) is 24.3 Å². The van der Waals surface area contributed by atoms with Gasteiger partial charge in [0.2, 0.25) is 6.04 Å². The topological polar surface area (TPSA) is 66.9 Å². The Kier molecular flexibility index (Phi) is 3.58. The summed E-state index contributed by atoms with van der Waals surface area (Å²) in [6.07, 6.45) is 0.623. The molecule has 0 saturated heterocycles. The smallest absolute Gasteiger partial charge is 0.227 e. The van der Waals surface area contributed by atoms with Gasteiger partial charge in [0.25, 0.3) is 0 Å². The van der Waals surface area contributed by atoms with Crippen LogP contribution in [0.4, 0.5) is 4.39 Å². The second-order valence-corrected chi connectivity index (χ2v) is 5.13. The van der Waals surface area contributed by atoms with Crippen LogP contribution in [-0.4, -0.2) is 11.0 Å². The fraction of sp³-hybridized carbons (Fsp3) is 0.400. The van der Waals surface area contributed by atoms with Crippen LogP contribution in [-0.2, 0) is 5.41 Å². The maximum Gasteiger partial charge on any atom is 0.227 e. The van der Waals surface area contributed by atoms with Crippen LogP contribution in [0.15, 0.2) is 36.4 Å². The van der Waals surface area contributed by atoms with Crippen LogP contribution in [0, 0.1) is 33.2 Å². The first kappa shape index (κ1) is 14.2. The van der Waals surface area contributed by atoms with Crippen LogP contribution < -0.4 is 0 Å². The molecule has 0 N–H and O–H groups in total. The van der Waals surface area contributed by atoms with Crippen molar-refractivity contribution in [3.05, 3.63) is 57.9 Å². The van der Waals surface area contributed by atoms with E-state index in [2.05, 4.69) is 12.6 Å². The number of hydrogen-bond donors (Lipinski definition) is 0. The van der Waals surface area contributed by atoms with Gasteiger partial charge in [-0.2, -0.15) is 5.26 Å². The van der Waals surface area contributed by atoms with Gasteiger partial charge in [-0.15, -0.1) is 0 Å². The van der Waals surface area contributed by atoms with E-state index in [1.807, 2.05) is 6.92 Å². The number of rotatable bonds is 3.